The van der Waals surface area contributed by atoms with Gasteiger partial charge in [-0.1, -0.05) is 163 Å². The molecule has 0 saturated heterocycles. The second-order valence-corrected chi connectivity index (χ2v) is 15.2. The average Bonchev–Trinajstić information content (AvgIpc) is 3.23. The minimum Gasteiger partial charge on any atom is -0.310 e. The SMILES string of the molecule is c1ccc(-c2ccc3cc(N(c4ccccc4)c4ccc5c(c4)Sc4ccccc4C54c5ccccc5-c5cccc6cccc4c56)ccc3c2)cc1. The Labute approximate surface area is 313 Å². The summed E-state index contributed by atoms with van der Waals surface area (Å²) < 4.78 is 0. The molecule has 0 aromatic heterocycles. The van der Waals surface area contributed by atoms with Crippen molar-refractivity contribution in [3.05, 3.63) is 222 Å². The maximum Gasteiger partial charge on any atom is 0.0735 e. The number of fused-ring (bicyclic) bond motifs is 9. The molecular formula is C51H33NS. The normalized spacial score (nSPS) is 15.2. The molecule has 0 radical (unpaired) electrons. The minimum absolute atomic E-state index is 0.461. The van der Waals surface area contributed by atoms with Crippen molar-refractivity contribution in [2.45, 2.75) is 15.2 Å². The van der Waals surface area contributed by atoms with Crippen LogP contribution in [0.5, 0.6) is 0 Å². The third-order valence-corrected chi connectivity index (χ3v) is 12.4. The van der Waals surface area contributed by atoms with Gasteiger partial charge >= 0.3 is 0 Å². The van der Waals surface area contributed by atoms with Crippen LogP contribution in [0.3, 0.4) is 0 Å². The molecule has 0 amide bonds. The molecule has 1 atom stereocenters. The lowest BCUT2D eigenvalue weighted by Gasteiger charge is -2.46. The molecular weight excluding hydrogens is 659 g/mol. The number of benzene rings is 9. The van der Waals surface area contributed by atoms with Crippen LogP contribution in [0.25, 0.3) is 43.8 Å². The lowest BCUT2D eigenvalue weighted by atomic mass is 9.59. The molecule has 1 spiro atoms. The van der Waals surface area contributed by atoms with Crippen LogP contribution >= 0.6 is 11.8 Å². The molecule has 0 fully saturated rings. The molecule has 9 aromatic carbocycles. The van der Waals surface area contributed by atoms with Gasteiger partial charge in [-0.15, -0.1) is 0 Å². The molecule has 1 aliphatic carbocycles. The van der Waals surface area contributed by atoms with E-state index in [4.69, 9.17) is 0 Å². The molecule has 1 nitrogen and oxygen atoms in total. The van der Waals surface area contributed by atoms with E-state index in [-0.39, 0.29) is 0 Å². The monoisotopic (exact) mass is 691 g/mol. The minimum atomic E-state index is -0.461. The molecule has 11 rings (SSSR count). The van der Waals surface area contributed by atoms with Crippen LogP contribution in [-0.2, 0) is 5.41 Å². The summed E-state index contributed by atoms with van der Waals surface area (Å²) in [6.07, 6.45) is 0. The molecule has 0 N–H and O–H groups in total. The van der Waals surface area contributed by atoms with Crippen molar-refractivity contribution in [1.82, 2.24) is 0 Å². The number of hydrogen-bond acceptors (Lipinski definition) is 2. The zero-order chi connectivity index (χ0) is 34.9. The molecule has 9 aromatic rings. The fraction of sp³-hybridized carbons (Fsp3) is 0.0196. The zero-order valence-electron chi connectivity index (χ0n) is 28.9. The van der Waals surface area contributed by atoms with Crippen molar-refractivity contribution < 1.29 is 0 Å². The topological polar surface area (TPSA) is 3.24 Å². The Kier molecular flexibility index (Phi) is 6.77. The summed E-state index contributed by atoms with van der Waals surface area (Å²) >= 11 is 1.89. The number of para-hydroxylation sites is 1. The van der Waals surface area contributed by atoms with E-state index in [0.717, 1.165) is 17.1 Å². The maximum absolute atomic E-state index is 2.43. The van der Waals surface area contributed by atoms with Gasteiger partial charge in [0.2, 0.25) is 0 Å². The van der Waals surface area contributed by atoms with Crippen LogP contribution < -0.4 is 4.90 Å². The van der Waals surface area contributed by atoms with E-state index in [9.17, 15) is 0 Å². The summed E-state index contributed by atoms with van der Waals surface area (Å²) in [5.41, 5.74) is 13.4. The van der Waals surface area contributed by atoms with Crippen molar-refractivity contribution in [2.75, 3.05) is 4.90 Å². The van der Waals surface area contributed by atoms with Gasteiger partial charge in [0.1, 0.15) is 0 Å². The Balaban J connectivity index is 1.13. The third-order valence-electron chi connectivity index (χ3n) is 11.3. The number of hydrogen-bond donors (Lipinski definition) is 0. The molecule has 248 valence electrons. The predicted octanol–water partition coefficient (Wildman–Crippen LogP) is 14.0. The van der Waals surface area contributed by atoms with Crippen LogP contribution in [0.2, 0.25) is 0 Å². The Morgan fingerprint density at radius 3 is 1.83 bits per heavy atom. The second-order valence-electron chi connectivity index (χ2n) is 14.1. The van der Waals surface area contributed by atoms with Gasteiger partial charge in [-0.05, 0) is 115 Å². The van der Waals surface area contributed by atoms with E-state index in [2.05, 4.69) is 205 Å². The molecule has 53 heavy (non-hydrogen) atoms. The van der Waals surface area contributed by atoms with Crippen LogP contribution in [0.1, 0.15) is 22.3 Å². The Morgan fingerprint density at radius 2 is 0.962 bits per heavy atom. The average molecular weight is 692 g/mol. The Morgan fingerprint density at radius 1 is 0.340 bits per heavy atom. The molecule has 0 bridgehead atoms. The number of anilines is 3. The maximum atomic E-state index is 2.43. The molecule has 1 heterocycles. The lowest BCUT2D eigenvalue weighted by molar-refractivity contribution is 0.707. The van der Waals surface area contributed by atoms with Gasteiger partial charge in [0.15, 0.2) is 0 Å². The highest BCUT2D eigenvalue weighted by molar-refractivity contribution is 7.99. The van der Waals surface area contributed by atoms with Crippen molar-refractivity contribution in [1.29, 1.82) is 0 Å². The molecule has 2 aliphatic rings. The van der Waals surface area contributed by atoms with Crippen molar-refractivity contribution >= 4 is 50.4 Å². The lowest BCUT2D eigenvalue weighted by Crippen LogP contribution is -2.36. The standard InChI is InChI=1S/C51H33NS/c1-3-13-34(14-4-1)36-25-26-38-32-40(28-27-37(38)31-36)52(39-17-5-2-6-18-39)41-29-30-46-49(33-41)53-48-24-10-9-22-45(48)51(46)44-21-8-7-19-42(44)43-20-11-15-35-16-12-23-47(51)50(35)43/h1-33H. The first-order chi connectivity index (χ1) is 26.3. The Bertz CT molecular complexity index is 2870. The van der Waals surface area contributed by atoms with Crippen LogP contribution in [0, 0.1) is 0 Å². The molecule has 2 heteroatoms. The van der Waals surface area contributed by atoms with E-state index in [0.29, 0.717) is 0 Å². The van der Waals surface area contributed by atoms with Crippen LogP contribution in [0.4, 0.5) is 17.1 Å². The fourth-order valence-corrected chi connectivity index (χ4v) is 10.3. The third kappa shape index (κ3) is 4.52. The number of nitrogens with zero attached hydrogens (tertiary/aromatic N) is 1. The van der Waals surface area contributed by atoms with E-state index in [1.54, 1.807) is 0 Å². The predicted molar refractivity (Wildman–Crippen MR) is 223 cm³/mol. The largest absolute Gasteiger partial charge is 0.310 e. The van der Waals surface area contributed by atoms with E-state index < -0.39 is 5.41 Å². The Hall–Kier alpha value is -6.35. The van der Waals surface area contributed by atoms with Crippen molar-refractivity contribution in [3.8, 4) is 22.3 Å². The first-order valence-electron chi connectivity index (χ1n) is 18.3. The highest BCUT2D eigenvalue weighted by Crippen LogP contribution is 2.61. The van der Waals surface area contributed by atoms with E-state index in [1.165, 1.54) is 75.8 Å². The van der Waals surface area contributed by atoms with Crippen molar-refractivity contribution in [3.63, 3.8) is 0 Å². The second kappa shape index (κ2) is 11.8. The van der Waals surface area contributed by atoms with E-state index in [1.807, 2.05) is 11.8 Å². The molecule has 1 aliphatic heterocycles. The van der Waals surface area contributed by atoms with Gasteiger partial charge in [0.25, 0.3) is 0 Å². The van der Waals surface area contributed by atoms with Gasteiger partial charge in [-0.25, -0.2) is 0 Å². The summed E-state index contributed by atoms with van der Waals surface area (Å²) in [6, 6.07) is 74.0. The van der Waals surface area contributed by atoms with Gasteiger partial charge in [0.05, 0.1) is 5.41 Å². The first-order valence-corrected chi connectivity index (χ1v) is 19.1. The van der Waals surface area contributed by atoms with Crippen LogP contribution in [-0.4, -0.2) is 0 Å². The van der Waals surface area contributed by atoms with Gasteiger partial charge in [0, 0.05) is 26.9 Å². The summed E-state index contributed by atoms with van der Waals surface area (Å²) in [6.45, 7) is 0. The highest BCUT2D eigenvalue weighted by atomic mass is 32.2. The van der Waals surface area contributed by atoms with E-state index >= 15 is 0 Å². The zero-order valence-corrected chi connectivity index (χ0v) is 29.7. The van der Waals surface area contributed by atoms with Crippen molar-refractivity contribution in [2.24, 2.45) is 0 Å². The van der Waals surface area contributed by atoms with Gasteiger partial charge in [-0.3, -0.25) is 0 Å². The van der Waals surface area contributed by atoms with Crippen LogP contribution in [0.15, 0.2) is 210 Å². The summed E-state index contributed by atoms with van der Waals surface area (Å²) in [5.74, 6) is 0. The summed E-state index contributed by atoms with van der Waals surface area (Å²) in [4.78, 5) is 4.99. The molecule has 0 saturated carbocycles. The van der Waals surface area contributed by atoms with Gasteiger partial charge < -0.3 is 4.90 Å². The quantitative estimate of drug-likeness (QED) is 0.181. The summed E-state index contributed by atoms with van der Waals surface area (Å²) in [7, 11) is 0. The highest BCUT2D eigenvalue weighted by Gasteiger charge is 2.48. The smallest absolute Gasteiger partial charge is 0.0735 e. The molecule has 1 unspecified atom stereocenters. The first kappa shape index (κ1) is 30.3. The van der Waals surface area contributed by atoms with Gasteiger partial charge in [-0.2, -0.15) is 0 Å². The summed E-state index contributed by atoms with van der Waals surface area (Å²) in [5, 5.41) is 5.08. The number of rotatable bonds is 4. The fourth-order valence-electron chi connectivity index (χ4n) is 9.03.